The second-order valence-corrected chi connectivity index (χ2v) is 5.98. The molecule has 0 aliphatic rings. The topological polar surface area (TPSA) is 113 Å². The van der Waals surface area contributed by atoms with E-state index in [0.717, 1.165) is 0 Å². The van der Waals surface area contributed by atoms with Crippen LogP contribution in [0, 0.1) is 0 Å². The molecule has 0 aliphatic heterocycles. The minimum absolute atomic E-state index is 0.120. The summed E-state index contributed by atoms with van der Waals surface area (Å²) < 4.78 is 31.3. The largest absolute Gasteiger partial charge is 0.497 e. The summed E-state index contributed by atoms with van der Waals surface area (Å²) in [5, 5.41) is 18.0. The number of sulfonamides is 1. The molecule has 1 rings (SSSR count). The molecular formula is C12H17NO6S. The highest BCUT2D eigenvalue weighted by molar-refractivity contribution is 7.89. The van der Waals surface area contributed by atoms with Crippen molar-refractivity contribution >= 4 is 16.0 Å². The van der Waals surface area contributed by atoms with Crippen molar-refractivity contribution in [2.24, 2.45) is 0 Å². The third kappa shape index (κ3) is 4.48. The van der Waals surface area contributed by atoms with E-state index in [4.69, 9.17) is 14.9 Å². The molecule has 112 valence electrons. The molecule has 0 bridgehead atoms. The molecule has 0 unspecified atom stereocenters. The summed E-state index contributed by atoms with van der Waals surface area (Å²) in [4.78, 5) is 10.7. The van der Waals surface area contributed by atoms with Crippen LogP contribution in [0.15, 0.2) is 23.1 Å². The smallest absolute Gasteiger partial charge is 0.307 e. The lowest BCUT2D eigenvalue weighted by atomic mass is 10.1. The van der Waals surface area contributed by atoms with Crippen molar-refractivity contribution in [3.8, 4) is 5.75 Å². The number of aliphatic hydroxyl groups excluding tert-OH is 1. The number of hydrogen-bond acceptors (Lipinski definition) is 5. The van der Waals surface area contributed by atoms with E-state index in [1.807, 2.05) is 0 Å². The van der Waals surface area contributed by atoms with Gasteiger partial charge in [-0.1, -0.05) is 0 Å². The van der Waals surface area contributed by atoms with E-state index in [1.54, 1.807) is 0 Å². The third-order valence-electron chi connectivity index (χ3n) is 2.47. The number of carbonyl (C=O) groups is 1. The van der Waals surface area contributed by atoms with Gasteiger partial charge in [0, 0.05) is 6.54 Å². The average molecular weight is 303 g/mol. The Hall–Kier alpha value is -1.64. The van der Waals surface area contributed by atoms with Crippen LogP contribution >= 0.6 is 0 Å². The summed E-state index contributed by atoms with van der Waals surface area (Å²) in [6.45, 7) is 1.29. The normalized spacial score (nSPS) is 12.9. The molecule has 0 amide bonds. The van der Waals surface area contributed by atoms with Crippen molar-refractivity contribution in [3.05, 3.63) is 23.8 Å². The number of aliphatic carboxylic acids is 1. The highest BCUT2D eigenvalue weighted by Gasteiger charge is 2.20. The Morgan fingerprint density at radius 1 is 1.45 bits per heavy atom. The molecule has 0 aliphatic carbocycles. The zero-order valence-corrected chi connectivity index (χ0v) is 12.0. The van der Waals surface area contributed by atoms with Crippen LogP contribution in [0.4, 0.5) is 0 Å². The first-order valence-corrected chi connectivity index (χ1v) is 7.31. The molecular weight excluding hydrogens is 286 g/mol. The lowest BCUT2D eigenvalue weighted by Gasteiger charge is -2.12. The third-order valence-corrected chi connectivity index (χ3v) is 3.99. The van der Waals surface area contributed by atoms with Gasteiger partial charge in [0.05, 0.1) is 24.5 Å². The molecule has 0 spiro atoms. The first-order valence-electron chi connectivity index (χ1n) is 5.82. The molecule has 1 atom stereocenters. The SMILES string of the molecule is COc1ccc(S(=O)(=O)NC[C@@H](C)O)c(CC(=O)O)c1. The Labute approximate surface area is 117 Å². The Morgan fingerprint density at radius 2 is 2.10 bits per heavy atom. The van der Waals surface area contributed by atoms with Gasteiger partial charge in [-0.15, -0.1) is 0 Å². The summed E-state index contributed by atoms with van der Waals surface area (Å²) in [5.41, 5.74) is 0.120. The van der Waals surface area contributed by atoms with Gasteiger partial charge in [0.2, 0.25) is 10.0 Å². The minimum Gasteiger partial charge on any atom is -0.497 e. The van der Waals surface area contributed by atoms with Crippen molar-refractivity contribution in [2.45, 2.75) is 24.3 Å². The van der Waals surface area contributed by atoms with E-state index in [9.17, 15) is 13.2 Å². The van der Waals surface area contributed by atoms with Crippen molar-refractivity contribution in [3.63, 3.8) is 0 Å². The summed E-state index contributed by atoms with van der Waals surface area (Å²) in [6, 6.07) is 4.08. The highest BCUT2D eigenvalue weighted by Crippen LogP contribution is 2.22. The second kappa shape index (κ2) is 6.69. The molecule has 0 saturated heterocycles. The van der Waals surface area contributed by atoms with E-state index in [-0.39, 0.29) is 17.0 Å². The van der Waals surface area contributed by atoms with Crippen LogP contribution in [-0.2, 0) is 21.2 Å². The van der Waals surface area contributed by atoms with Gasteiger partial charge < -0.3 is 14.9 Å². The van der Waals surface area contributed by atoms with Gasteiger partial charge in [0.25, 0.3) is 0 Å². The van der Waals surface area contributed by atoms with Gasteiger partial charge in [-0.05, 0) is 30.7 Å². The van der Waals surface area contributed by atoms with Gasteiger partial charge in [0.15, 0.2) is 0 Å². The lowest BCUT2D eigenvalue weighted by molar-refractivity contribution is -0.136. The van der Waals surface area contributed by atoms with Gasteiger partial charge >= 0.3 is 5.97 Å². The number of methoxy groups -OCH3 is 1. The molecule has 0 saturated carbocycles. The minimum atomic E-state index is -3.89. The quantitative estimate of drug-likeness (QED) is 0.652. The molecule has 20 heavy (non-hydrogen) atoms. The van der Waals surface area contributed by atoms with E-state index < -0.39 is 28.5 Å². The predicted molar refractivity (Wildman–Crippen MR) is 71.2 cm³/mol. The fourth-order valence-electron chi connectivity index (χ4n) is 1.55. The summed E-state index contributed by atoms with van der Waals surface area (Å²) >= 11 is 0. The summed E-state index contributed by atoms with van der Waals surface area (Å²) in [5.74, 6) is -0.777. The Morgan fingerprint density at radius 3 is 2.60 bits per heavy atom. The van der Waals surface area contributed by atoms with E-state index in [0.29, 0.717) is 5.75 Å². The maximum atomic E-state index is 12.1. The second-order valence-electron chi connectivity index (χ2n) is 4.25. The van der Waals surface area contributed by atoms with Crippen LogP contribution in [-0.4, -0.2) is 44.4 Å². The fourth-order valence-corrected chi connectivity index (χ4v) is 2.89. The van der Waals surface area contributed by atoms with Gasteiger partial charge in [-0.2, -0.15) is 0 Å². The zero-order chi connectivity index (χ0) is 15.3. The maximum Gasteiger partial charge on any atom is 0.307 e. The summed E-state index contributed by atoms with van der Waals surface area (Å²) in [6.07, 6.45) is -1.28. The standard InChI is InChI=1S/C12H17NO6S/c1-8(14)7-13-20(17,18)11-4-3-10(19-2)5-9(11)6-12(15)16/h3-5,8,13-14H,6-7H2,1-2H3,(H,15,16)/t8-/m1/s1. The van der Waals surface area contributed by atoms with Crippen LogP contribution in [0.1, 0.15) is 12.5 Å². The molecule has 1 aromatic carbocycles. The number of hydrogen-bond donors (Lipinski definition) is 3. The van der Waals surface area contributed by atoms with Crippen LogP contribution < -0.4 is 9.46 Å². The first-order chi connectivity index (χ1) is 9.26. The predicted octanol–water partition coefficient (Wildman–Crippen LogP) is -0.0186. The Balaban J connectivity index is 3.18. The lowest BCUT2D eigenvalue weighted by Crippen LogP contribution is -2.31. The Kier molecular flexibility index (Phi) is 5.49. The number of aliphatic hydroxyl groups is 1. The van der Waals surface area contributed by atoms with Gasteiger partial charge in [0.1, 0.15) is 5.75 Å². The van der Waals surface area contributed by atoms with Gasteiger partial charge in [-0.3, -0.25) is 4.79 Å². The number of rotatable bonds is 7. The van der Waals surface area contributed by atoms with E-state index in [2.05, 4.69) is 4.72 Å². The summed E-state index contributed by atoms with van der Waals surface area (Å²) in [7, 11) is -2.48. The average Bonchev–Trinajstić information content (AvgIpc) is 2.35. The molecule has 3 N–H and O–H groups in total. The van der Waals surface area contributed by atoms with Crippen LogP contribution in [0.5, 0.6) is 5.75 Å². The van der Waals surface area contributed by atoms with Crippen molar-refractivity contribution in [1.29, 1.82) is 0 Å². The molecule has 8 heteroatoms. The fraction of sp³-hybridized carbons (Fsp3) is 0.417. The molecule has 0 fully saturated rings. The van der Waals surface area contributed by atoms with Crippen molar-refractivity contribution < 1.29 is 28.2 Å². The van der Waals surface area contributed by atoms with Crippen LogP contribution in [0.3, 0.4) is 0 Å². The molecule has 0 heterocycles. The molecule has 1 aromatic rings. The van der Waals surface area contributed by atoms with Crippen molar-refractivity contribution in [1.82, 2.24) is 4.72 Å². The first kappa shape index (κ1) is 16.4. The van der Waals surface area contributed by atoms with Crippen LogP contribution in [0.25, 0.3) is 0 Å². The number of carboxylic acids is 1. The van der Waals surface area contributed by atoms with Crippen molar-refractivity contribution in [2.75, 3.05) is 13.7 Å². The monoisotopic (exact) mass is 303 g/mol. The molecule has 0 radical (unpaired) electrons. The van der Waals surface area contributed by atoms with Crippen LogP contribution in [0.2, 0.25) is 0 Å². The number of nitrogens with one attached hydrogen (secondary N) is 1. The van der Waals surface area contributed by atoms with E-state index >= 15 is 0 Å². The van der Waals surface area contributed by atoms with Gasteiger partial charge in [-0.25, -0.2) is 13.1 Å². The highest BCUT2D eigenvalue weighted by atomic mass is 32.2. The zero-order valence-electron chi connectivity index (χ0n) is 11.2. The number of benzene rings is 1. The maximum absolute atomic E-state index is 12.1. The van der Waals surface area contributed by atoms with E-state index in [1.165, 1.54) is 32.2 Å². The number of carboxylic acid groups (broad SMARTS) is 1. The molecule has 0 aromatic heterocycles. The molecule has 7 nitrogen and oxygen atoms in total. The Bertz CT molecular complexity index is 582. The number of ether oxygens (including phenoxy) is 1.